The second kappa shape index (κ2) is 8.44. The molecule has 1 fully saturated rings. The lowest BCUT2D eigenvalue weighted by Gasteiger charge is -2.25. The average Bonchev–Trinajstić information content (AvgIpc) is 2.43. The normalized spacial score (nSPS) is 18.1. The molecule has 0 amide bonds. The molecule has 0 spiro atoms. The van der Waals surface area contributed by atoms with Crippen molar-refractivity contribution in [3.63, 3.8) is 0 Å². The van der Waals surface area contributed by atoms with Gasteiger partial charge >= 0.3 is 0 Å². The summed E-state index contributed by atoms with van der Waals surface area (Å²) in [5, 5.41) is 5.97. The topological polar surface area (TPSA) is 73.8 Å². The standard InChI is InChI=1S/C11H22N4O2S2/c1-3-4-13-11(12-2)14-5-10-19(16,17)15-6-8-18-9-7-15/h3H,1,4-10H2,2H3,(H2,12,13,14). The minimum Gasteiger partial charge on any atom is -0.355 e. The molecule has 0 radical (unpaired) electrons. The van der Waals surface area contributed by atoms with Crippen LogP contribution in [0.1, 0.15) is 0 Å². The first-order chi connectivity index (χ1) is 9.10. The van der Waals surface area contributed by atoms with Gasteiger partial charge in [0, 0.05) is 44.7 Å². The summed E-state index contributed by atoms with van der Waals surface area (Å²) in [5.41, 5.74) is 0. The molecule has 6 nitrogen and oxygen atoms in total. The first-order valence-electron chi connectivity index (χ1n) is 6.21. The highest BCUT2D eigenvalue weighted by atomic mass is 32.2. The van der Waals surface area contributed by atoms with Gasteiger partial charge in [0.2, 0.25) is 10.0 Å². The Morgan fingerprint density at radius 3 is 2.68 bits per heavy atom. The van der Waals surface area contributed by atoms with Gasteiger partial charge in [-0.15, -0.1) is 6.58 Å². The SMILES string of the molecule is C=CCNC(=NC)NCCS(=O)(=O)N1CCSCC1. The van der Waals surface area contributed by atoms with Gasteiger partial charge in [0.05, 0.1) is 5.75 Å². The zero-order valence-corrected chi connectivity index (χ0v) is 12.9. The predicted molar refractivity (Wildman–Crippen MR) is 82.2 cm³/mol. The molecule has 0 aromatic carbocycles. The van der Waals surface area contributed by atoms with Crippen LogP contribution in [0.5, 0.6) is 0 Å². The lowest BCUT2D eigenvalue weighted by Crippen LogP contribution is -2.44. The van der Waals surface area contributed by atoms with E-state index in [9.17, 15) is 8.42 Å². The molecule has 110 valence electrons. The molecule has 2 N–H and O–H groups in total. The summed E-state index contributed by atoms with van der Waals surface area (Å²) in [6, 6.07) is 0. The largest absolute Gasteiger partial charge is 0.355 e. The molecule has 19 heavy (non-hydrogen) atoms. The van der Waals surface area contributed by atoms with Gasteiger partial charge < -0.3 is 10.6 Å². The number of rotatable bonds is 6. The second-order valence-electron chi connectivity index (χ2n) is 4.00. The third-order valence-electron chi connectivity index (χ3n) is 2.65. The molecule has 0 bridgehead atoms. The molecule has 8 heteroatoms. The fourth-order valence-electron chi connectivity index (χ4n) is 1.64. The van der Waals surface area contributed by atoms with Gasteiger partial charge in [-0.25, -0.2) is 12.7 Å². The van der Waals surface area contributed by atoms with Crippen LogP contribution in [0.4, 0.5) is 0 Å². The summed E-state index contributed by atoms with van der Waals surface area (Å²) < 4.78 is 25.7. The highest BCUT2D eigenvalue weighted by molar-refractivity contribution is 7.99. The first-order valence-corrected chi connectivity index (χ1v) is 8.97. The Balaban J connectivity index is 2.36. The van der Waals surface area contributed by atoms with Crippen molar-refractivity contribution < 1.29 is 8.42 Å². The minimum absolute atomic E-state index is 0.0897. The highest BCUT2D eigenvalue weighted by Crippen LogP contribution is 2.12. The van der Waals surface area contributed by atoms with Gasteiger partial charge in [-0.1, -0.05) is 6.08 Å². The fourth-order valence-corrected chi connectivity index (χ4v) is 4.13. The molecule has 1 aliphatic rings. The van der Waals surface area contributed by atoms with Crippen LogP contribution in [0.15, 0.2) is 17.6 Å². The predicted octanol–water partition coefficient (Wildman–Crippen LogP) is -0.284. The third kappa shape index (κ3) is 5.84. The molecular formula is C11H22N4O2S2. The van der Waals surface area contributed by atoms with Crippen molar-refractivity contribution in [3.8, 4) is 0 Å². The Labute approximate surface area is 119 Å². The summed E-state index contributed by atoms with van der Waals surface area (Å²) in [6.45, 7) is 5.78. The van der Waals surface area contributed by atoms with Crippen molar-refractivity contribution in [1.82, 2.24) is 14.9 Å². The van der Waals surface area contributed by atoms with Crippen LogP contribution in [0.2, 0.25) is 0 Å². The number of nitrogens with zero attached hydrogens (tertiary/aromatic N) is 2. The maximum Gasteiger partial charge on any atom is 0.215 e. The molecule has 0 aliphatic carbocycles. The van der Waals surface area contributed by atoms with Gasteiger partial charge in [0.1, 0.15) is 0 Å². The summed E-state index contributed by atoms with van der Waals surface area (Å²) >= 11 is 1.80. The lowest BCUT2D eigenvalue weighted by atomic mass is 10.6. The quantitative estimate of drug-likeness (QED) is 0.401. The fraction of sp³-hybridized carbons (Fsp3) is 0.727. The summed E-state index contributed by atoms with van der Waals surface area (Å²) in [5.74, 6) is 2.45. The maximum absolute atomic E-state index is 12.1. The van der Waals surface area contributed by atoms with Crippen molar-refractivity contribution in [1.29, 1.82) is 0 Å². The zero-order chi connectivity index (χ0) is 14.1. The van der Waals surface area contributed by atoms with E-state index < -0.39 is 10.0 Å². The number of sulfonamides is 1. The van der Waals surface area contributed by atoms with Crippen molar-refractivity contribution in [3.05, 3.63) is 12.7 Å². The minimum atomic E-state index is -3.15. The van der Waals surface area contributed by atoms with Gasteiger partial charge in [-0.3, -0.25) is 4.99 Å². The number of nitrogens with one attached hydrogen (secondary N) is 2. The van der Waals surface area contributed by atoms with Gasteiger partial charge in [-0.2, -0.15) is 11.8 Å². The van der Waals surface area contributed by atoms with E-state index in [0.29, 0.717) is 32.1 Å². The average molecular weight is 306 g/mol. The molecule has 1 aliphatic heterocycles. The zero-order valence-electron chi connectivity index (χ0n) is 11.3. The Morgan fingerprint density at radius 2 is 2.11 bits per heavy atom. The molecule has 0 saturated carbocycles. The van der Waals surface area contributed by atoms with Crippen LogP contribution >= 0.6 is 11.8 Å². The number of aliphatic imine (C=N–C) groups is 1. The maximum atomic E-state index is 12.1. The summed E-state index contributed by atoms with van der Waals surface area (Å²) in [6.07, 6.45) is 1.72. The molecule has 0 aromatic rings. The Bertz CT molecular complexity index is 403. The van der Waals surface area contributed by atoms with Crippen LogP contribution < -0.4 is 10.6 Å². The van der Waals surface area contributed by atoms with Crippen LogP contribution in [0, 0.1) is 0 Å². The van der Waals surface area contributed by atoms with Crippen molar-refractivity contribution in [2.45, 2.75) is 0 Å². The van der Waals surface area contributed by atoms with E-state index in [1.54, 1.807) is 29.2 Å². The Morgan fingerprint density at radius 1 is 1.42 bits per heavy atom. The van der Waals surface area contributed by atoms with Crippen LogP contribution in [0.3, 0.4) is 0 Å². The van der Waals surface area contributed by atoms with Crippen LogP contribution in [0.25, 0.3) is 0 Å². The van der Waals surface area contributed by atoms with Crippen LogP contribution in [-0.4, -0.2) is 69.2 Å². The molecule has 1 rings (SSSR count). The number of hydrogen-bond acceptors (Lipinski definition) is 4. The van der Waals surface area contributed by atoms with Gasteiger partial charge in [-0.05, 0) is 0 Å². The molecule has 0 unspecified atom stereocenters. The Hall–Kier alpha value is -0.730. The molecule has 1 heterocycles. The third-order valence-corrected chi connectivity index (χ3v) is 5.47. The van der Waals surface area contributed by atoms with E-state index in [4.69, 9.17) is 0 Å². The van der Waals surface area contributed by atoms with Crippen molar-refractivity contribution >= 4 is 27.7 Å². The van der Waals surface area contributed by atoms with Crippen molar-refractivity contribution in [2.24, 2.45) is 4.99 Å². The van der Waals surface area contributed by atoms with Crippen LogP contribution in [-0.2, 0) is 10.0 Å². The monoisotopic (exact) mass is 306 g/mol. The Kier molecular flexibility index (Phi) is 7.25. The molecule has 0 atom stereocenters. The summed E-state index contributed by atoms with van der Waals surface area (Å²) in [7, 11) is -1.51. The summed E-state index contributed by atoms with van der Waals surface area (Å²) in [4.78, 5) is 3.99. The molecule has 1 saturated heterocycles. The molecular weight excluding hydrogens is 284 g/mol. The van der Waals surface area contributed by atoms with E-state index in [1.165, 1.54) is 0 Å². The smallest absolute Gasteiger partial charge is 0.215 e. The number of guanidine groups is 1. The first kappa shape index (κ1) is 16.3. The second-order valence-corrected chi connectivity index (χ2v) is 7.31. The van der Waals surface area contributed by atoms with E-state index in [0.717, 1.165) is 11.5 Å². The van der Waals surface area contributed by atoms with E-state index in [-0.39, 0.29) is 5.75 Å². The highest BCUT2D eigenvalue weighted by Gasteiger charge is 2.23. The lowest BCUT2D eigenvalue weighted by molar-refractivity contribution is 0.443. The van der Waals surface area contributed by atoms with E-state index in [2.05, 4.69) is 22.2 Å². The molecule has 0 aromatic heterocycles. The van der Waals surface area contributed by atoms with E-state index >= 15 is 0 Å². The van der Waals surface area contributed by atoms with Gasteiger partial charge in [0.15, 0.2) is 5.96 Å². The number of thioether (sulfide) groups is 1. The number of hydrogen-bond donors (Lipinski definition) is 2. The van der Waals surface area contributed by atoms with Gasteiger partial charge in [0.25, 0.3) is 0 Å². The van der Waals surface area contributed by atoms with E-state index in [1.807, 2.05) is 0 Å². The van der Waals surface area contributed by atoms with Crippen molar-refractivity contribution in [2.75, 3.05) is 50.5 Å².